The van der Waals surface area contributed by atoms with Crippen molar-refractivity contribution in [3.63, 3.8) is 0 Å². The first-order valence-electron chi connectivity index (χ1n) is 6.76. The highest BCUT2D eigenvalue weighted by Gasteiger charge is 2.21. The molecule has 1 aromatic rings. The first-order chi connectivity index (χ1) is 9.11. The summed E-state index contributed by atoms with van der Waals surface area (Å²) in [5, 5.41) is 23.0. The first kappa shape index (κ1) is 14.2. The summed E-state index contributed by atoms with van der Waals surface area (Å²) in [5.74, 6) is 0.273. The van der Waals surface area contributed by atoms with E-state index in [9.17, 15) is 15.0 Å². The molecule has 0 saturated heterocycles. The number of hydrogen-bond donors (Lipinski definition) is 3. The smallest absolute Gasteiger partial charge is 0.137 e. The molecule has 1 aliphatic carbocycles. The van der Waals surface area contributed by atoms with E-state index < -0.39 is 12.2 Å². The van der Waals surface area contributed by atoms with Gasteiger partial charge in [-0.1, -0.05) is 18.2 Å². The molecule has 0 heterocycles. The summed E-state index contributed by atoms with van der Waals surface area (Å²) in [7, 11) is 1.81. The number of nitrogens with one attached hydrogen (secondary N) is 1. The van der Waals surface area contributed by atoms with Crippen LogP contribution in [0.1, 0.15) is 35.6 Å². The number of benzene rings is 1. The summed E-state index contributed by atoms with van der Waals surface area (Å²) in [6, 6.07) is 5.63. The fourth-order valence-electron chi connectivity index (χ4n) is 2.48. The fraction of sp³-hybridized carbons (Fsp3) is 0.533. The summed E-state index contributed by atoms with van der Waals surface area (Å²) < 4.78 is 0. The topological polar surface area (TPSA) is 69.6 Å². The van der Waals surface area contributed by atoms with Gasteiger partial charge >= 0.3 is 0 Å². The lowest BCUT2D eigenvalue weighted by Gasteiger charge is -2.21. The highest BCUT2D eigenvalue weighted by Crippen LogP contribution is 2.25. The molecule has 19 heavy (non-hydrogen) atoms. The van der Waals surface area contributed by atoms with Crippen LogP contribution in [0.4, 0.5) is 0 Å². The number of aliphatic hydroxyl groups is 2. The van der Waals surface area contributed by atoms with Gasteiger partial charge in [-0.2, -0.15) is 0 Å². The molecule has 2 unspecified atom stereocenters. The molecular weight excluding hydrogens is 242 g/mol. The van der Waals surface area contributed by atoms with Gasteiger partial charge in [-0.3, -0.25) is 4.79 Å². The van der Waals surface area contributed by atoms with Gasteiger partial charge in [-0.25, -0.2) is 0 Å². The molecule has 1 aromatic carbocycles. The second kappa shape index (κ2) is 6.28. The Morgan fingerprint density at radius 1 is 1.26 bits per heavy atom. The highest BCUT2D eigenvalue weighted by atomic mass is 16.3. The molecule has 0 aromatic heterocycles. The molecule has 0 bridgehead atoms. The summed E-state index contributed by atoms with van der Waals surface area (Å²) in [6.07, 6.45) is 0.685. The minimum absolute atomic E-state index is 0.273. The Bertz CT molecular complexity index is 459. The highest BCUT2D eigenvalue weighted by molar-refractivity contribution is 5.83. The van der Waals surface area contributed by atoms with Gasteiger partial charge in [0.2, 0.25) is 0 Å². The summed E-state index contributed by atoms with van der Waals surface area (Å²) in [6.45, 7) is 0.664. The van der Waals surface area contributed by atoms with Crippen molar-refractivity contribution < 1.29 is 15.0 Å². The van der Waals surface area contributed by atoms with E-state index >= 15 is 0 Å². The molecule has 4 heteroatoms. The number of aliphatic hydroxyl groups excluding tert-OH is 2. The Morgan fingerprint density at radius 3 is 2.79 bits per heavy atom. The lowest BCUT2D eigenvalue weighted by molar-refractivity contribution is -0.118. The van der Waals surface area contributed by atoms with Gasteiger partial charge < -0.3 is 15.5 Å². The van der Waals surface area contributed by atoms with Crippen molar-refractivity contribution in [2.24, 2.45) is 0 Å². The van der Waals surface area contributed by atoms with E-state index in [-0.39, 0.29) is 5.78 Å². The summed E-state index contributed by atoms with van der Waals surface area (Å²) in [4.78, 5) is 11.4. The van der Waals surface area contributed by atoms with Crippen LogP contribution in [0.5, 0.6) is 0 Å². The van der Waals surface area contributed by atoms with Gasteiger partial charge in [0.15, 0.2) is 0 Å². The third-order valence-electron chi connectivity index (χ3n) is 3.69. The van der Waals surface area contributed by atoms with Crippen LogP contribution in [0.15, 0.2) is 18.2 Å². The molecule has 3 N–H and O–H groups in total. The molecule has 0 saturated carbocycles. The number of rotatable bonds is 5. The standard InChI is InChI=1S/C15H21NO3/c1-16-7-6-14(18)15(19)12-3-2-11-9-13(17)5-4-10(11)8-12/h2-3,8,14-16,18-19H,4-7,9H2,1H3. The second-order valence-corrected chi connectivity index (χ2v) is 5.15. The van der Waals surface area contributed by atoms with E-state index in [1.807, 2.05) is 25.2 Å². The molecule has 104 valence electrons. The monoisotopic (exact) mass is 263 g/mol. The van der Waals surface area contributed by atoms with Crippen molar-refractivity contribution >= 4 is 5.78 Å². The molecule has 2 rings (SSSR count). The predicted molar refractivity (Wildman–Crippen MR) is 73.0 cm³/mol. The molecular formula is C15H21NO3. The van der Waals surface area contributed by atoms with Crippen LogP contribution >= 0.6 is 0 Å². The van der Waals surface area contributed by atoms with Crippen LogP contribution in [-0.4, -0.2) is 35.7 Å². The average Bonchev–Trinajstić information content (AvgIpc) is 2.43. The van der Waals surface area contributed by atoms with Gasteiger partial charge in [0, 0.05) is 12.8 Å². The van der Waals surface area contributed by atoms with Gasteiger partial charge in [0.1, 0.15) is 11.9 Å². The predicted octanol–water partition coefficient (Wildman–Crippen LogP) is 0.748. The maximum absolute atomic E-state index is 11.4. The van der Waals surface area contributed by atoms with Crippen LogP contribution in [-0.2, 0) is 17.6 Å². The number of fused-ring (bicyclic) bond motifs is 1. The van der Waals surface area contributed by atoms with E-state index in [0.29, 0.717) is 25.8 Å². The first-order valence-corrected chi connectivity index (χ1v) is 6.76. The zero-order chi connectivity index (χ0) is 13.8. The fourth-order valence-corrected chi connectivity index (χ4v) is 2.48. The van der Waals surface area contributed by atoms with Crippen LogP contribution in [0.2, 0.25) is 0 Å². The third-order valence-corrected chi connectivity index (χ3v) is 3.69. The van der Waals surface area contributed by atoms with Crippen LogP contribution in [0.3, 0.4) is 0 Å². The van der Waals surface area contributed by atoms with Gasteiger partial charge in [-0.15, -0.1) is 0 Å². The number of carbonyl (C=O) groups is 1. The Morgan fingerprint density at radius 2 is 2.05 bits per heavy atom. The van der Waals surface area contributed by atoms with Crippen molar-refractivity contribution in [1.82, 2.24) is 5.32 Å². The third kappa shape index (κ3) is 3.41. The molecule has 0 spiro atoms. The molecule has 0 fully saturated rings. The minimum atomic E-state index is -0.865. The number of Topliss-reactive ketones (excluding diaryl/α,β-unsaturated/α-hetero) is 1. The van der Waals surface area contributed by atoms with Crippen LogP contribution in [0, 0.1) is 0 Å². The molecule has 0 amide bonds. The van der Waals surface area contributed by atoms with E-state index in [1.54, 1.807) is 0 Å². The maximum Gasteiger partial charge on any atom is 0.137 e. The van der Waals surface area contributed by atoms with Crippen molar-refractivity contribution in [3.05, 3.63) is 34.9 Å². The molecule has 1 aliphatic rings. The second-order valence-electron chi connectivity index (χ2n) is 5.15. The molecule has 2 atom stereocenters. The normalized spacial score (nSPS) is 17.9. The Kier molecular flexibility index (Phi) is 4.69. The van der Waals surface area contributed by atoms with E-state index in [2.05, 4.69) is 5.32 Å². The zero-order valence-corrected chi connectivity index (χ0v) is 11.2. The summed E-state index contributed by atoms with van der Waals surface area (Å²) in [5.41, 5.74) is 2.91. The average molecular weight is 263 g/mol. The minimum Gasteiger partial charge on any atom is -0.390 e. The zero-order valence-electron chi connectivity index (χ0n) is 11.2. The Balaban J connectivity index is 2.11. The number of aryl methyl sites for hydroxylation is 1. The lowest BCUT2D eigenvalue weighted by atomic mass is 9.88. The summed E-state index contributed by atoms with van der Waals surface area (Å²) >= 11 is 0. The number of hydrogen-bond acceptors (Lipinski definition) is 4. The molecule has 4 nitrogen and oxygen atoms in total. The molecule has 0 radical (unpaired) electrons. The lowest BCUT2D eigenvalue weighted by Crippen LogP contribution is -2.23. The number of carbonyl (C=O) groups excluding carboxylic acids is 1. The van der Waals surface area contributed by atoms with Crippen molar-refractivity contribution in [1.29, 1.82) is 0 Å². The van der Waals surface area contributed by atoms with E-state index in [4.69, 9.17) is 0 Å². The van der Waals surface area contributed by atoms with Crippen LogP contribution < -0.4 is 5.32 Å². The number of ketones is 1. The van der Waals surface area contributed by atoms with E-state index in [0.717, 1.165) is 23.1 Å². The van der Waals surface area contributed by atoms with Crippen molar-refractivity contribution in [2.45, 2.75) is 37.9 Å². The Hall–Kier alpha value is -1.23. The van der Waals surface area contributed by atoms with Gasteiger partial charge in [0.05, 0.1) is 6.10 Å². The van der Waals surface area contributed by atoms with Crippen LogP contribution in [0.25, 0.3) is 0 Å². The van der Waals surface area contributed by atoms with Gasteiger partial charge in [0.25, 0.3) is 0 Å². The SMILES string of the molecule is CNCCC(O)C(O)c1ccc2c(c1)CCC(=O)C2. The quantitative estimate of drug-likeness (QED) is 0.733. The Labute approximate surface area is 113 Å². The largest absolute Gasteiger partial charge is 0.390 e. The maximum atomic E-state index is 11.4. The van der Waals surface area contributed by atoms with Crippen molar-refractivity contribution in [2.75, 3.05) is 13.6 Å². The van der Waals surface area contributed by atoms with E-state index in [1.165, 1.54) is 0 Å². The van der Waals surface area contributed by atoms with Gasteiger partial charge in [-0.05, 0) is 43.1 Å². The van der Waals surface area contributed by atoms with Crippen molar-refractivity contribution in [3.8, 4) is 0 Å². The molecule has 0 aliphatic heterocycles.